The molecule has 72 valence electrons. The molecule has 0 fully saturated rings. The summed E-state index contributed by atoms with van der Waals surface area (Å²) >= 11 is 1.72. The third kappa shape index (κ3) is 3.79. The second-order valence-electron chi connectivity index (χ2n) is 3.39. The predicted molar refractivity (Wildman–Crippen MR) is 57.8 cm³/mol. The second-order valence-corrected chi connectivity index (χ2v) is 4.43. The summed E-state index contributed by atoms with van der Waals surface area (Å²) in [5.74, 6) is 1.48. The molecule has 13 heavy (non-hydrogen) atoms. The van der Waals surface area contributed by atoms with Crippen molar-refractivity contribution in [1.29, 1.82) is 0 Å². The minimum atomic E-state index is 0.256. The maximum atomic E-state index is 5.92. The highest BCUT2D eigenvalue weighted by Crippen LogP contribution is 2.16. The van der Waals surface area contributed by atoms with E-state index >= 15 is 0 Å². The van der Waals surface area contributed by atoms with Crippen LogP contribution in [0.5, 0.6) is 0 Å². The largest absolute Gasteiger partial charge is 0.327 e. The van der Waals surface area contributed by atoms with Gasteiger partial charge in [0.05, 0.1) is 5.03 Å². The lowest BCUT2D eigenvalue weighted by Gasteiger charge is -2.14. The molecule has 0 saturated heterocycles. The van der Waals surface area contributed by atoms with Crippen LogP contribution in [-0.4, -0.2) is 16.8 Å². The standard InChI is InChI=1S/C10H16N2S/c1-8(2)9(11)7-13-10-5-3-4-6-12-10/h3-6,8-9H,7,11H2,1-2H3/t9-/m0/s1. The Morgan fingerprint density at radius 2 is 2.23 bits per heavy atom. The highest BCUT2D eigenvalue weighted by Gasteiger charge is 2.07. The first-order valence-electron chi connectivity index (χ1n) is 4.49. The van der Waals surface area contributed by atoms with Crippen LogP contribution in [-0.2, 0) is 0 Å². The van der Waals surface area contributed by atoms with Gasteiger partial charge < -0.3 is 5.73 Å². The van der Waals surface area contributed by atoms with Gasteiger partial charge in [0.1, 0.15) is 0 Å². The third-order valence-electron chi connectivity index (χ3n) is 1.92. The molecule has 3 heteroatoms. The van der Waals surface area contributed by atoms with Gasteiger partial charge in [-0.3, -0.25) is 0 Å². The molecule has 0 aliphatic carbocycles. The maximum absolute atomic E-state index is 5.92. The van der Waals surface area contributed by atoms with E-state index in [0.717, 1.165) is 10.8 Å². The molecular weight excluding hydrogens is 180 g/mol. The Balaban J connectivity index is 2.35. The highest BCUT2D eigenvalue weighted by atomic mass is 32.2. The van der Waals surface area contributed by atoms with Gasteiger partial charge in [-0.25, -0.2) is 4.98 Å². The van der Waals surface area contributed by atoms with E-state index in [1.807, 2.05) is 24.4 Å². The molecule has 2 nitrogen and oxygen atoms in total. The number of hydrogen-bond acceptors (Lipinski definition) is 3. The Kier molecular flexibility index (Phi) is 4.25. The fourth-order valence-electron chi connectivity index (χ4n) is 0.807. The summed E-state index contributed by atoms with van der Waals surface area (Å²) in [6.07, 6.45) is 1.81. The van der Waals surface area contributed by atoms with Crippen molar-refractivity contribution in [3.63, 3.8) is 0 Å². The van der Waals surface area contributed by atoms with E-state index < -0.39 is 0 Å². The van der Waals surface area contributed by atoms with Crippen LogP contribution in [0.25, 0.3) is 0 Å². The molecule has 0 aliphatic heterocycles. The lowest BCUT2D eigenvalue weighted by molar-refractivity contribution is 0.535. The van der Waals surface area contributed by atoms with E-state index in [1.165, 1.54) is 0 Å². The van der Waals surface area contributed by atoms with E-state index in [-0.39, 0.29) is 6.04 Å². The summed E-state index contributed by atoms with van der Waals surface area (Å²) in [5.41, 5.74) is 5.92. The van der Waals surface area contributed by atoms with Crippen molar-refractivity contribution in [1.82, 2.24) is 4.98 Å². The minimum absolute atomic E-state index is 0.256. The van der Waals surface area contributed by atoms with Gasteiger partial charge in [0.15, 0.2) is 0 Å². The minimum Gasteiger partial charge on any atom is -0.327 e. The first kappa shape index (κ1) is 10.5. The van der Waals surface area contributed by atoms with Crippen LogP contribution in [0.2, 0.25) is 0 Å². The van der Waals surface area contributed by atoms with Crippen LogP contribution in [0.15, 0.2) is 29.4 Å². The molecule has 1 atom stereocenters. The molecule has 1 heterocycles. The Labute approximate surface area is 83.9 Å². The van der Waals surface area contributed by atoms with Gasteiger partial charge in [-0.2, -0.15) is 0 Å². The summed E-state index contributed by atoms with van der Waals surface area (Å²) in [5, 5.41) is 1.05. The third-order valence-corrected chi connectivity index (χ3v) is 3.01. The van der Waals surface area contributed by atoms with Crippen LogP contribution >= 0.6 is 11.8 Å². The Morgan fingerprint density at radius 3 is 2.77 bits per heavy atom. The lowest BCUT2D eigenvalue weighted by atomic mass is 10.1. The fraction of sp³-hybridized carbons (Fsp3) is 0.500. The highest BCUT2D eigenvalue weighted by molar-refractivity contribution is 7.99. The quantitative estimate of drug-likeness (QED) is 0.750. The topological polar surface area (TPSA) is 38.9 Å². The fourth-order valence-corrected chi connectivity index (χ4v) is 1.86. The van der Waals surface area contributed by atoms with Crippen molar-refractivity contribution in [2.75, 3.05) is 5.75 Å². The number of thioether (sulfide) groups is 1. The Hall–Kier alpha value is -0.540. The van der Waals surface area contributed by atoms with E-state index in [1.54, 1.807) is 11.8 Å². The summed E-state index contributed by atoms with van der Waals surface area (Å²) in [4.78, 5) is 4.22. The molecule has 0 aromatic carbocycles. The van der Waals surface area contributed by atoms with Crippen molar-refractivity contribution in [3.8, 4) is 0 Å². The number of nitrogens with zero attached hydrogens (tertiary/aromatic N) is 1. The van der Waals surface area contributed by atoms with Gasteiger partial charge in [-0.15, -0.1) is 11.8 Å². The van der Waals surface area contributed by atoms with Crippen LogP contribution in [0.4, 0.5) is 0 Å². The number of rotatable bonds is 4. The zero-order valence-electron chi connectivity index (χ0n) is 8.10. The van der Waals surface area contributed by atoms with Gasteiger partial charge in [0.25, 0.3) is 0 Å². The number of pyridine rings is 1. The SMILES string of the molecule is CC(C)[C@@H](N)CSc1ccccn1. The zero-order chi connectivity index (χ0) is 9.68. The molecule has 1 aromatic heterocycles. The monoisotopic (exact) mass is 196 g/mol. The molecule has 0 amide bonds. The van der Waals surface area contributed by atoms with Crippen molar-refractivity contribution >= 4 is 11.8 Å². The van der Waals surface area contributed by atoms with Crippen LogP contribution in [0.3, 0.4) is 0 Å². The lowest BCUT2D eigenvalue weighted by Crippen LogP contribution is -2.28. The van der Waals surface area contributed by atoms with Crippen LogP contribution in [0, 0.1) is 5.92 Å². The van der Waals surface area contributed by atoms with Crippen LogP contribution < -0.4 is 5.73 Å². The van der Waals surface area contributed by atoms with Gasteiger partial charge in [-0.05, 0) is 18.1 Å². The molecule has 0 saturated carbocycles. The normalized spacial score (nSPS) is 13.2. The summed E-state index contributed by atoms with van der Waals surface area (Å²) in [6.45, 7) is 4.29. The average molecular weight is 196 g/mol. The number of aromatic nitrogens is 1. The summed E-state index contributed by atoms with van der Waals surface area (Å²) < 4.78 is 0. The van der Waals surface area contributed by atoms with Crippen molar-refractivity contribution in [2.45, 2.75) is 24.9 Å². The zero-order valence-corrected chi connectivity index (χ0v) is 8.92. The van der Waals surface area contributed by atoms with Gasteiger partial charge in [0, 0.05) is 18.0 Å². The van der Waals surface area contributed by atoms with Gasteiger partial charge in [0.2, 0.25) is 0 Å². The smallest absolute Gasteiger partial charge is 0.0960 e. The summed E-state index contributed by atoms with van der Waals surface area (Å²) in [6, 6.07) is 6.19. The molecule has 0 spiro atoms. The second kappa shape index (κ2) is 5.25. The molecule has 2 N–H and O–H groups in total. The van der Waals surface area contributed by atoms with E-state index in [9.17, 15) is 0 Å². The molecule has 0 radical (unpaired) electrons. The first-order valence-corrected chi connectivity index (χ1v) is 5.48. The molecule has 1 aromatic rings. The predicted octanol–water partition coefficient (Wildman–Crippen LogP) is 2.16. The molecular formula is C10H16N2S. The van der Waals surface area contributed by atoms with Crippen molar-refractivity contribution in [3.05, 3.63) is 24.4 Å². The van der Waals surface area contributed by atoms with Crippen molar-refractivity contribution < 1.29 is 0 Å². The Bertz CT molecular complexity index is 236. The van der Waals surface area contributed by atoms with E-state index in [0.29, 0.717) is 5.92 Å². The number of nitrogens with two attached hydrogens (primary N) is 1. The number of hydrogen-bond donors (Lipinski definition) is 1. The molecule has 1 rings (SSSR count). The summed E-state index contributed by atoms with van der Waals surface area (Å²) in [7, 11) is 0. The maximum Gasteiger partial charge on any atom is 0.0960 e. The van der Waals surface area contributed by atoms with E-state index in [2.05, 4.69) is 18.8 Å². The first-order chi connectivity index (χ1) is 6.20. The Morgan fingerprint density at radius 1 is 1.46 bits per heavy atom. The molecule has 0 aliphatic rings. The van der Waals surface area contributed by atoms with Gasteiger partial charge in [-0.1, -0.05) is 19.9 Å². The van der Waals surface area contributed by atoms with Crippen LogP contribution in [0.1, 0.15) is 13.8 Å². The average Bonchev–Trinajstić information content (AvgIpc) is 2.15. The molecule has 0 bridgehead atoms. The van der Waals surface area contributed by atoms with Gasteiger partial charge >= 0.3 is 0 Å². The van der Waals surface area contributed by atoms with E-state index in [4.69, 9.17) is 5.73 Å². The molecule has 0 unspecified atom stereocenters. The van der Waals surface area contributed by atoms with Crippen molar-refractivity contribution in [2.24, 2.45) is 11.7 Å².